The summed E-state index contributed by atoms with van der Waals surface area (Å²) >= 11 is 0. The number of nitrogens with zero attached hydrogens (tertiary/aromatic N) is 3. The van der Waals surface area contributed by atoms with E-state index in [1.165, 1.54) is 24.7 Å². The van der Waals surface area contributed by atoms with Crippen LogP contribution in [0.5, 0.6) is 0 Å². The Labute approximate surface area is 201 Å². The van der Waals surface area contributed by atoms with Crippen molar-refractivity contribution in [1.82, 2.24) is 15.0 Å². The van der Waals surface area contributed by atoms with Gasteiger partial charge in [0.15, 0.2) is 0 Å². The molecule has 0 bridgehead atoms. The van der Waals surface area contributed by atoms with Gasteiger partial charge in [0.2, 0.25) is 5.92 Å². The van der Waals surface area contributed by atoms with E-state index >= 15 is 0 Å². The third-order valence-corrected chi connectivity index (χ3v) is 6.37. The van der Waals surface area contributed by atoms with Crippen LogP contribution in [-0.4, -0.2) is 26.8 Å². The quantitative estimate of drug-likeness (QED) is 0.406. The van der Waals surface area contributed by atoms with E-state index in [9.17, 15) is 22.4 Å². The van der Waals surface area contributed by atoms with E-state index in [1.54, 1.807) is 6.92 Å². The van der Waals surface area contributed by atoms with Crippen LogP contribution in [0.4, 0.5) is 23.2 Å². The number of rotatable bonds is 5. The number of carbonyl (C=O) groups excluding carboxylic acids is 1. The van der Waals surface area contributed by atoms with Crippen molar-refractivity contribution >= 4 is 11.6 Å². The average Bonchev–Trinajstić information content (AvgIpc) is 2.80. The lowest BCUT2D eigenvalue weighted by Gasteiger charge is -2.34. The number of alkyl halides is 2. The van der Waals surface area contributed by atoms with E-state index < -0.39 is 35.3 Å². The van der Waals surface area contributed by atoms with Gasteiger partial charge in [-0.15, -0.1) is 0 Å². The Morgan fingerprint density at radius 1 is 1.09 bits per heavy atom. The largest absolute Gasteiger partial charge is 0.320 e. The van der Waals surface area contributed by atoms with Crippen molar-refractivity contribution in [3.8, 4) is 11.1 Å². The molecule has 0 spiro atoms. The molecule has 1 unspecified atom stereocenters. The molecular formula is C26H26F4N4O. The number of hydrogen-bond acceptors (Lipinski definition) is 4. The first-order valence-electron chi connectivity index (χ1n) is 11.5. The monoisotopic (exact) mass is 486 g/mol. The number of nitrogens with one attached hydrogen (secondary N) is 1. The van der Waals surface area contributed by atoms with Crippen molar-refractivity contribution in [3.63, 3.8) is 0 Å². The minimum Gasteiger partial charge on any atom is -0.320 e. The van der Waals surface area contributed by atoms with E-state index in [4.69, 9.17) is 0 Å². The standard InChI is InChI=1S/C26H26F4N4O/c1-14(2)24-32-12-16(13-33-24)25(35)34-23-19(20-10-17(27)4-5-21(20)28)7-9-31-22(23)18-6-8-26(29,30)11-15(18)3/h4-5,7,9-10,12-15,18H,6,8,11H2,1-3H3,(H,34,35)/t15-,18?/m1/s1. The summed E-state index contributed by atoms with van der Waals surface area (Å²) in [5, 5.41) is 2.77. The molecule has 2 heterocycles. The highest BCUT2D eigenvalue weighted by atomic mass is 19.3. The van der Waals surface area contributed by atoms with Crippen LogP contribution in [0.3, 0.4) is 0 Å². The second kappa shape index (κ2) is 9.71. The number of pyridine rings is 1. The lowest BCUT2D eigenvalue weighted by atomic mass is 9.75. The molecule has 1 fully saturated rings. The molecule has 1 amide bonds. The first-order chi connectivity index (χ1) is 16.6. The lowest BCUT2D eigenvalue weighted by Crippen LogP contribution is -2.31. The minimum atomic E-state index is -2.78. The average molecular weight is 487 g/mol. The third kappa shape index (κ3) is 5.33. The summed E-state index contributed by atoms with van der Waals surface area (Å²) in [5.74, 6) is -4.88. The first kappa shape index (κ1) is 24.8. The second-order valence-electron chi connectivity index (χ2n) is 9.36. The molecule has 2 atom stereocenters. The Kier molecular flexibility index (Phi) is 6.87. The molecule has 1 saturated carbocycles. The van der Waals surface area contributed by atoms with Crippen molar-refractivity contribution in [2.24, 2.45) is 5.92 Å². The maximum Gasteiger partial charge on any atom is 0.258 e. The zero-order valence-electron chi connectivity index (χ0n) is 19.7. The Morgan fingerprint density at radius 2 is 1.80 bits per heavy atom. The van der Waals surface area contributed by atoms with Crippen LogP contribution in [0, 0.1) is 17.6 Å². The highest BCUT2D eigenvalue weighted by molar-refractivity contribution is 6.06. The fourth-order valence-electron chi connectivity index (χ4n) is 4.53. The van der Waals surface area contributed by atoms with Crippen molar-refractivity contribution in [3.05, 3.63) is 71.6 Å². The normalized spacial score (nSPS) is 19.5. The maximum absolute atomic E-state index is 14.7. The van der Waals surface area contributed by atoms with E-state index in [1.807, 2.05) is 13.8 Å². The Morgan fingerprint density at radius 3 is 2.46 bits per heavy atom. The van der Waals surface area contributed by atoms with Crippen LogP contribution in [0.15, 0.2) is 42.9 Å². The van der Waals surface area contributed by atoms with Gasteiger partial charge in [0.25, 0.3) is 5.91 Å². The molecule has 0 saturated heterocycles. The van der Waals surface area contributed by atoms with Gasteiger partial charge in [-0.3, -0.25) is 9.78 Å². The number of hydrogen-bond donors (Lipinski definition) is 1. The molecule has 9 heteroatoms. The molecule has 1 aliphatic rings. The molecule has 4 rings (SSSR count). The topological polar surface area (TPSA) is 67.8 Å². The smallest absolute Gasteiger partial charge is 0.258 e. The molecular weight excluding hydrogens is 460 g/mol. The first-order valence-corrected chi connectivity index (χ1v) is 11.5. The summed E-state index contributed by atoms with van der Waals surface area (Å²) < 4.78 is 56.8. The van der Waals surface area contributed by atoms with Crippen molar-refractivity contribution in [1.29, 1.82) is 0 Å². The number of amides is 1. The van der Waals surface area contributed by atoms with Gasteiger partial charge in [0.1, 0.15) is 17.5 Å². The van der Waals surface area contributed by atoms with Gasteiger partial charge in [-0.05, 0) is 36.6 Å². The summed E-state index contributed by atoms with van der Waals surface area (Å²) in [5.41, 5.74) is 0.839. The summed E-state index contributed by atoms with van der Waals surface area (Å²) in [4.78, 5) is 26.0. The summed E-state index contributed by atoms with van der Waals surface area (Å²) in [7, 11) is 0. The predicted octanol–water partition coefficient (Wildman–Crippen LogP) is 6.73. The van der Waals surface area contributed by atoms with Gasteiger partial charge in [0, 0.05) is 54.4 Å². The number of benzene rings is 1. The van der Waals surface area contributed by atoms with Crippen molar-refractivity contribution in [2.45, 2.75) is 57.8 Å². The third-order valence-electron chi connectivity index (χ3n) is 6.37. The van der Waals surface area contributed by atoms with E-state index in [2.05, 4.69) is 20.3 Å². The Hall–Kier alpha value is -3.36. The van der Waals surface area contributed by atoms with Crippen LogP contribution in [0.25, 0.3) is 11.1 Å². The van der Waals surface area contributed by atoms with Crippen molar-refractivity contribution in [2.75, 3.05) is 5.32 Å². The van der Waals surface area contributed by atoms with Gasteiger partial charge >= 0.3 is 0 Å². The number of aromatic nitrogens is 3. The van der Waals surface area contributed by atoms with Gasteiger partial charge in [-0.1, -0.05) is 20.8 Å². The predicted molar refractivity (Wildman–Crippen MR) is 124 cm³/mol. The Balaban J connectivity index is 1.79. The van der Waals surface area contributed by atoms with Crippen LogP contribution < -0.4 is 5.32 Å². The molecule has 0 radical (unpaired) electrons. The number of carbonyl (C=O) groups is 1. The minimum absolute atomic E-state index is 0.0656. The molecule has 35 heavy (non-hydrogen) atoms. The summed E-state index contributed by atoms with van der Waals surface area (Å²) in [6, 6.07) is 4.50. The van der Waals surface area contributed by atoms with E-state index in [0.29, 0.717) is 11.5 Å². The molecule has 1 aliphatic carbocycles. The molecule has 2 aromatic heterocycles. The van der Waals surface area contributed by atoms with Crippen LogP contribution in [0.2, 0.25) is 0 Å². The van der Waals surface area contributed by atoms with Crippen LogP contribution in [0.1, 0.15) is 73.7 Å². The van der Waals surface area contributed by atoms with Gasteiger partial charge < -0.3 is 5.32 Å². The fourth-order valence-corrected chi connectivity index (χ4v) is 4.53. The second-order valence-corrected chi connectivity index (χ2v) is 9.36. The molecule has 5 nitrogen and oxygen atoms in total. The molecule has 0 aliphatic heterocycles. The molecule has 1 N–H and O–H groups in total. The molecule has 184 valence electrons. The summed E-state index contributed by atoms with van der Waals surface area (Å²) in [6.45, 7) is 5.55. The lowest BCUT2D eigenvalue weighted by molar-refractivity contribution is -0.0558. The van der Waals surface area contributed by atoms with E-state index in [0.717, 1.165) is 18.2 Å². The molecule has 1 aromatic carbocycles. The van der Waals surface area contributed by atoms with Crippen LogP contribution in [-0.2, 0) is 0 Å². The van der Waals surface area contributed by atoms with Crippen LogP contribution >= 0.6 is 0 Å². The highest BCUT2D eigenvalue weighted by Crippen LogP contribution is 2.47. The SMILES string of the molecule is CC(C)c1ncc(C(=O)Nc2c(-c3cc(F)ccc3F)ccnc2C2CCC(F)(F)C[C@H]2C)cn1. The summed E-state index contributed by atoms with van der Waals surface area (Å²) in [6.07, 6.45) is 3.70. The zero-order valence-corrected chi connectivity index (χ0v) is 19.7. The zero-order chi connectivity index (χ0) is 25.3. The number of halogens is 4. The van der Waals surface area contributed by atoms with Gasteiger partial charge in [0.05, 0.1) is 16.9 Å². The fraction of sp³-hybridized carbons (Fsp3) is 0.385. The Bertz CT molecular complexity index is 1230. The number of anilines is 1. The van der Waals surface area contributed by atoms with Crippen molar-refractivity contribution < 1.29 is 22.4 Å². The molecule has 3 aromatic rings. The van der Waals surface area contributed by atoms with Gasteiger partial charge in [-0.25, -0.2) is 27.5 Å². The maximum atomic E-state index is 14.7. The van der Waals surface area contributed by atoms with Gasteiger partial charge in [-0.2, -0.15) is 0 Å². The highest BCUT2D eigenvalue weighted by Gasteiger charge is 2.41. The van der Waals surface area contributed by atoms with E-state index in [-0.39, 0.29) is 47.6 Å².